The summed E-state index contributed by atoms with van der Waals surface area (Å²) in [4.78, 5) is 14.5. The molecular weight excluding hydrogens is 278 g/mol. The van der Waals surface area contributed by atoms with Gasteiger partial charge in [-0.05, 0) is 31.0 Å². The van der Waals surface area contributed by atoms with E-state index in [0.29, 0.717) is 26.2 Å². The highest BCUT2D eigenvalue weighted by Crippen LogP contribution is 2.26. The van der Waals surface area contributed by atoms with Gasteiger partial charge in [-0.3, -0.25) is 4.79 Å². The molecule has 1 amide bonds. The molecule has 0 aliphatic carbocycles. The number of furan rings is 1. The first kappa shape index (κ1) is 14.9. The molecule has 22 heavy (non-hydrogen) atoms. The predicted molar refractivity (Wildman–Crippen MR) is 83.5 cm³/mol. The van der Waals surface area contributed by atoms with Crippen LogP contribution in [0.25, 0.3) is 0 Å². The summed E-state index contributed by atoms with van der Waals surface area (Å²) >= 11 is 0. The van der Waals surface area contributed by atoms with Gasteiger partial charge in [0.1, 0.15) is 17.6 Å². The van der Waals surface area contributed by atoms with Gasteiger partial charge in [-0.1, -0.05) is 30.3 Å². The molecule has 116 valence electrons. The van der Waals surface area contributed by atoms with Gasteiger partial charge >= 0.3 is 0 Å². The molecule has 0 N–H and O–H groups in total. The molecule has 0 saturated carbocycles. The zero-order valence-corrected chi connectivity index (χ0v) is 12.8. The second-order valence-corrected chi connectivity index (χ2v) is 5.61. The van der Waals surface area contributed by atoms with Crippen molar-refractivity contribution in [3.8, 4) is 0 Å². The van der Waals surface area contributed by atoms with Gasteiger partial charge in [-0.15, -0.1) is 0 Å². The monoisotopic (exact) mass is 299 g/mol. The van der Waals surface area contributed by atoms with E-state index in [0.717, 1.165) is 17.9 Å². The Hall–Kier alpha value is -2.07. The van der Waals surface area contributed by atoms with Gasteiger partial charge in [0.2, 0.25) is 5.91 Å². The Morgan fingerprint density at radius 1 is 1.23 bits per heavy atom. The molecule has 3 rings (SSSR count). The highest BCUT2D eigenvalue weighted by Gasteiger charge is 2.30. The summed E-state index contributed by atoms with van der Waals surface area (Å²) in [5, 5.41) is 0. The number of hydrogen-bond donors (Lipinski definition) is 0. The van der Waals surface area contributed by atoms with E-state index in [4.69, 9.17) is 9.15 Å². The van der Waals surface area contributed by atoms with Crippen molar-refractivity contribution in [3.63, 3.8) is 0 Å². The molecule has 1 aliphatic rings. The van der Waals surface area contributed by atoms with Crippen molar-refractivity contribution in [2.24, 2.45) is 0 Å². The predicted octanol–water partition coefficient (Wildman–Crippen LogP) is 3.12. The van der Waals surface area contributed by atoms with E-state index < -0.39 is 0 Å². The van der Waals surface area contributed by atoms with Gasteiger partial charge in [0.25, 0.3) is 0 Å². The Labute approximate surface area is 130 Å². The third-order valence-corrected chi connectivity index (χ3v) is 4.01. The summed E-state index contributed by atoms with van der Waals surface area (Å²) < 4.78 is 11.2. The van der Waals surface area contributed by atoms with Crippen LogP contribution in [-0.2, 0) is 16.0 Å². The third kappa shape index (κ3) is 3.39. The van der Waals surface area contributed by atoms with Crippen LogP contribution in [0.5, 0.6) is 0 Å². The fourth-order valence-corrected chi connectivity index (χ4v) is 2.81. The molecule has 1 saturated heterocycles. The van der Waals surface area contributed by atoms with Crippen LogP contribution in [0.1, 0.15) is 29.5 Å². The Balaban J connectivity index is 1.66. The van der Waals surface area contributed by atoms with Gasteiger partial charge in [-0.2, -0.15) is 0 Å². The topological polar surface area (TPSA) is 42.7 Å². The number of rotatable bonds is 4. The minimum absolute atomic E-state index is 0.106. The first-order chi connectivity index (χ1) is 10.7. The average molecular weight is 299 g/mol. The summed E-state index contributed by atoms with van der Waals surface area (Å²) in [5.41, 5.74) is 1.19. The number of hydrogen-bond acceptors (Lipinski definition) is 3. The van der Waals surface area contributed by atoms with Gasteiger partial charge in [-0.25, -0.2) is 0 Å². The molecule has 0 spiro atoms. The Morgan fingerprint density at radius 2 is 2.05 bits per heavy atom. The fourth-order valence-electron chi connectivity index (χ4n) is 2.81. The summed E-state index contributed by atoms with van der Waals surface area (Å²) in [6.07, 6.45) is 1.28. The number of amides is 1. The van der Waals surface area contributed by atoms with Crippen molar-refractivity contribution >= 4 is 5.91 Å². The molecule has 2 aromatic rings. The summed E-state index contributed by atoms with van der Waals surface area (Å²) in [6.45, 7) is 3.63. The van der Waals surface area contributed by atoms with Gasteiger partial charge < -0.3 is 14.1 Å². The molecule has 1 aliphatic heterocycles. The van der Waals surface area contributed by atoms with Crippen molar-refractivity contribution in [2.75, 3.05) is 19.8 Å². The lowest BCUT2D eigenvalue weighted by atomic mass is 10.1. The number of carbonyl (C=O) groups excluding carboxylic acids is 1. The number of ether oxygens (including phenoxy) is 1. The fraction of sp³-hybridized carbons (Fsp3) is 0.389. The normalized spacial score (nSPS) is 18.4. The van der Waals surface area contributed by atoms with Crippen LogP contribution in [0.3, 0.4) is 0 Å². The van der Waals surface area contributed by atoms with E-state index in [9.17, 15) is 4.79 Å². The molecule has 1 atom stereocenters. The number of aryl methyl sites for hydroxylation is 2. The smallest absolute Gasteiger partial charge is 0.223 e. The molecule has 1 aromatic heterocycles. The minimum Gasteiger partial charge on any atom is -0.464 e. The van der Waals surface area contributed by atoms with Crippen LogP contribution in [0.2, 0.25) is 0 Å². The first-order valence-corrected chi connectivity index (χ1v) is 7.71. The van der Waals surface area contributed by atoms with E-state index in [1.165, 1.54) is 5.56 Å². The molecule has 0 unspecified atom stereocenters. The quantitative estimate of drug-likeness (QED) is 0.871. The highest BCUT2D eigenvalue weighted by atomic mass is 16.5. The van der Waals surface area contributed by atoms with Crippen LogP contribution in [0, 0.1) is 6.92 Å². The SMILES string of the molecule is Cc1ccc([C@@H]2COCCN2C(=O)CCc2ccccc2)o1. The third-order valence-electron chi connectivity index (χ3n) is 4.01. The van der Waals surface area contributed by atoms with Crippen molar-refractivity contribution in [1.29, 1.82) is 0 Å². The lowest BCUT2D eigenvalue weighted by molar-refractivity contribution is -0.141. The first-order valence-electron chi connectivity index (χ1n) is 7.71. The van der Waals surface area contributed by atoms with E-state index in [2.05, 4.69) is 12.1 Å². The van der Waals surface area contributed by atoms with Crippen LogP contribution < -0.4 is 0 Å². The summed E-state index contributed by atoms with van der Waals surface area (Å²) in [6, 6.07) is 13.9. The zero-order chi connectivity index (χ0) is 15.4. The summed E-state index contributed by atoms with van der Waals surface area (Å²) in [7, 11) is 0. The summed E-state index contributed by atoms with van der Waals surface area (Å²) in [5.74, 6) is 1.83. The van der Waals surface area contributed by atoms with E-state index >= 15 is 0 Å². The van der Waals surface area contributed by atoms with Crippen LogP contribution in [-0.4, -0.2) is 30.6 Å². The number of morpholine rings is 1. The Kier molecular flexibility index (Phi) is 4.59. The molecule has 0 bridgehead atoms. The highest BCUT2D eigenvalue weighted by molar-refractivity contribution is 5.77. The van der Waals surface area contributed by atoms with Gasteiger partial charge in [0.05, 0.1) is 13.2 Å². The Bertz CT molecular complexity index is 620. The second-order valence-electron chi connectivity index (χ2n) is 5.61. The van der Waals surface area contributed by atoms with Crippen LogP contribution in [0.15, 0.2) is 46.9 Å². The Morgan fingerprint density at radius 3 is 2.77 bits per heavy atom. The maximum Gasteiger partial charge on any atom is 0.223 e. The molecule has 0 radical (unpaired) electrons. The average Bonchev–Trinajstić information content (AvgIpc) is 3.00. The lowest BCUT2D eigenvalue weighted by Crippen LogP contribution is -2.43. The van der Waals surface area contributed by atoms with Crippen LogP contribution >= 0.6 is 0 Å². The van der Waals surface area contributed by atoms with E-state index in [-0.39, 0.29) is 11.9 Å². The molecule has 1 fully saturated rings. The van der Waals surface area contributed by atoms with Crippen molar-refractivity contribution in [2.45, 2.75) is 25.8 Å². The lowest BCUT2D eigenvalue weighted by Gasteiger charge is -2.34. The van der Waals surface area contributed by atoms with E-state index in [1.807, 2.05) is 42.2 Å². The molecule has 4 nitrogen and oxygen atoms in total. The van der Waals surface area contributed by atoms with Crippen molar-refractivity contribution in [1.82, 2.24) is 4.90 Å². The largest absolute Gasteiger partial charge is 0.464 e. The van der Waals surface area contributed by atoms with E-state index in [1.54, 1.807) is 0 Å². The molecular formula is C18H21NO3. The molecule has 4 heteroatoms. The van der Waals surface area contributed by atoms with Crippen LogP contribution in [0.4, 0.5) is 0 Å². The second kappa shape index (κ2) is 6.79. The van der Waals surface area contributed by atoms with Crippen molar-refractivity contribution in [3.05, 3.63) is 59.5 Å². The molecule has 1 aromatic carbocycles. The van der Waals surface area contributed by atoms with Gasteiger partial charge in [0.15, 0.2) is 0 Å². The van der Waals surface area contributed by atoms with Crippen molar-refractivity contribution < 1.29 is 13.9 Å². The molecule has 2 heterocycles. The van der Waals surface area contributed by atoms with Gasteiger partial charge in [0, 0.05) is 13.0 Å². The number of carbonyl (C=O) groups is 1. The maximum atomic E-state index is 12.6. The standard InChI is InChI=1S/C18H21NO3/c1-14-7-9-17(22-14)16-13-21-12-11-19(16)18(20)10-8-15-5-3-2-4-6-15/h2-7,9,16H,8,10-13H2,1H3/t16-/m0/s1. The minimum atomic E-state index is -0.106. The maximum absolute atomic E-state index is 12.6. The number of benzene rings is 1. The zero-order valence-electron chi connectivity index (χ0n) is 12.8. The number of nitrogens with zero attached hydrogens (tertiary/aromatic N) is 1.